The minimum Gasteiger partial charge on any atom is -0.496 e. The zero-order valence-electron chi connectivity index (χ0n) is 13.6. The number of aryl methyl sites for hydroxylation is 1. The molecule has 0 aliphatic rings. The number of ether oxygens (including phenoxy) is 1. The Labute approximate surface area is 127 Å². The van der Waals surface area contributed by atoms with Crippen LogP contribution in [0.5, 0.6) is 5.75 Å². The lowest BCUT2D eigenvalue weighted by molar-refractivity contribution is 0.374. The average molecular weight is 283 g/mol. The molecule has 0 aliphatic heterocycles. The zero-order valence-corrected chi connectivity index (χ0v) is 13.6. The second-order valence-electron chi connectivity index (χ2n) is 6.20. The maximum absolute atomic E-state index is 6.62. The number of nitrogens with two attached hydrogens (primary N) is 1. The molecule has 0 fully saturated rings. The van der Waals surface area contributed by atoms with E-state index in [2.05, 4.69) is 64.1 Å². The Balaban J connectivity index is 2.49. The summed E-state index contributed by atoms with van der Waals surface area (Å²) in [6.07, 6.45) is 0. The van der Waals surface area contributed by atoms with E-state index in [4.69, 9.17) is 10.5 Å². The molecule has 0 radical (unpaired) electrons. The molecule has 112 valence electrons. The molecule has 0 aliphatic carbocycles. The molecule has 1 atom stereocenters. The van der Waals surface area contributed by atoms with Gasteiger partial charge in [-0.15, -0.1) is 0 Å². The lowest BCUT2D eigenvalue weighted by Crippen LogP contribution is -2.33. The van der Waals surface area contributed by atoms with Crippen molar-refractivity contribution in [3.63, 3.8) is 0 Å². The normalized spacial score (nSPS) is 13.0. The fraction of sp³-hybridized carbons (Fsp3) is 0.368. The van der Waals surface area contributed by atoms with Gasteiger partial charge >= 0.3 is 0 Å². The predicted octanol–water partition coefficient (Wildman–Crippen LogP) is 4.29. The van der Waals surface area contributed by atoms with Crippen molar-refractivity contribution in [1.29, 1.82) is 0 Å². The SMILES string of the molecule is COc1c(C(N)C(C)(C)c2ccccc2)ccc(C)c1C. The minimum absolute atomic E-state index is 0.130. The first kappa shape index (κ1) is 15.6. The molecule has 21 heavy (non-hydrogen) atoms. The molecule has 0 bridgehead atoms. The van der Waals surface area contributed by atoms with Crippen molar-refractivity contribution in [2.75, 3.05) is 7.11 Å². The van der Waals surface area contributed by atoms with Gasteiger partial charge in [0, 0.05) is 17.0 Å². The molecule has 0 spiro atoms. The zero-order chi connectivity index (χ0) is 15.6. The van der Waals surface area contributed by atoms with Crippen LogP contribution in [-0.2, 0) is 5.41 Å². The van der Waals surface area contributed by atoms with Crippen LogP contribution in [0, 0.1) is 13.8 Å². The van der Waals surface area contributed by atoms with Crippen LogP contribution in [0.15, 0.2) is 42.5 Å². The monoisotopic (exact) mass is 283 g/mol. The highest BCUT2D eigenvalue weighted by Gasteiger charge is 2.31. The first-order valence-corrected chi connectivity index (χ1v) is 7.34. The van der Waals surface area contributed by atoms with Crippen LogP contribution in [0.4, 0.5) is 0 Å². The molecule has 0 saturated carbocycles. The Morgan fingerprint density at radius 1 is 1.00 bits per heavy atom. The van der Waals surface area contributed by atoms with E-state index in [9.17, 15) is 0 Å². The van der Waals surface area contributed by atoms with Crippen molar-refractivity contribution < 1.29 is 4.74 Å². The molecule has 2 aromatic carbocycles. The topological polar surface area (TPSA) is 35.2 Å². The summed E-state index contributed by atoms with van der Waals surface area (Å²) in [6, 6.07) is 14.5. The summed E-state index contributed by atoms with van der Waals surface area (Å²) in [6.45, 7) is 8.54. The van der Waals surface area contributed by atoms with Gasteiger partial charge in [0.15, 0.2) is 0 Å². The quantitative estimate of drug-likeness (QED) is 0.908. The standard InChI is InChI=1S/C19H25NO/c1-13-11-12-16(17(21-5)14(13)2)18(20)19(3,4)15-9-7-6-8-10-15/h6-12,18H,20H2,1-5H3. The Hall–Kier alpha value is -1.80. The lowest BCUT2D eigenvalue weighted by atomic mass is 9.75. The van der Waals surface area contributed by atoms with Crippen molar-refractivity contribution >= 4 is 0 Å². The number of hydrogen-bond donors (Lipinski definition) is 1. The highest BCUT2D eigenvalue weighted by molar-refractivity contribution is 5.48. The summed E-state index contributed by atoms with van der Waals surface area (Å²) >= 11 is 0. The largest absolute Gasteiger partial charge is 0.496 e. The maximum Gasteiger partial charge on any atom is 0.126 e. The summed E-state index contributed by atoms with van der Waals surface area (Å²) in [5.74, 6) is 0.909. The van der Waals surface area contributed by atoms with Gasteiger partial charge in [0.2, 0.25) is 0 Å². The summed E-state index contributed by atoms with van der Waals surface area (Å²) in [5, 5.41) is 0. The van der Waals surface area contributed by atoms with Gasteiger partial charge in [0.25, 0.3) is 0 Å². The molecule has 0 saturated heterocycles. The van der Waals surface area contributed by atoms with E-state index in [0.717, 1.165) is 16.9 Å². The van der Waals surface area contributed by atoms with Crippen LogP contribution >= 0.6 is 0 Å². The van der Waals surface area contributed by atoms with Gasteiger partial charge in [0.1, 0.15) is 5.75 Å². The van der Waals surface area contributed by atoms with E-state index < -0.39 is 0 Å². The fourth-order valence-electron chi connectivity index (χ4n) is 2.76. The summed E-state index contributed by atoms with van der Waals surface area (Å²) < 4.78 is 5.63. The van der Waals surface area contributed by atoms with Gasteiger partial charge in [-0.1, -0.05) is 56.3 Å². The van der Waals surface area contributed by atoms with Crippen LogP contribution in [-0.4, -0.2) is 7.11 Å². The van der Waals surface area contributed by atoms with E-state index in [0.29, 0.717) is 0 Å². The first-order chi connectivity index (χ1) is 9.89. The first-order valence-electron chi connectivity index (χ1n) is 7.34. The highest BCUT2D eigenvalue weighted by atomic mass is 16.5. The van der Waals surface area contributed by atoms with Gasteiger partial charge in [-0.2, -0.15) is 0 Å². The second kappa shape index (κ2) is 5.90. The Kier molecular flexibility index (Phi) is 4.38. The molecule has 0 amide bonds. The Morgan fingerprint density at radius 2 is 1.62 bits per heavy atom. The van der Waals surface area contributed by atoms with Crippen LogP contribution in [0.2, 0.25) is 0 Å². The molecule has 2 N–H and O–H groups in total. The van der Waals surface area contributed by atoms with Crippen molar-refractivity contribution in [2.45, 2.75) is 39.2 Å². The van der Waals surface area contributed by atoms with Gasteiger partial charge in [-0.3, -0.25) is 0 Å². The molecule has 2 heteroatoms. The third kappa shape index (κ3) is 2.81. The maximum atomic E-state index is 6.62. The van der Waals surface area contributed by atoms with Gasteiger partial charge in [-0.25, -0.2) is 0 Å². The Morgan fingerprint density at radius 3 is 2.19 bits per heavy atom. The number of methoxy groups -OCH3 is 1. The van der Waals surface area contributed by atoms with E-state index in [-0.39, 0.29) is 11.5 Å². The van der Waals surface area contributed by atoms with Crippen LogP contribution in [0.1, 0.15) is 42.1 Å². The van der Waals surface area contributed by atoms with Gasteiger partial charge in [0.05, 0.1) is 7.11 Å². The van der Waals surface area contributed by atoms with E-state index in [1.54, 1.807) is 7.11 Å². The van der Waals surface area contributed by atoms with E-state index >= 15 is 0 Å². The fourth-order valence-corrected chi connectivity index (χ4v) is 2.76. The lowest BCUT2D eigenvalue weighted by Gasteiger charge is -2.34. The molecule has 2 aromatic rings. The van der Waals surface area contributed by atoms with E-state index in [1.807, 2.05) is 6.07 Å². The average Bonchev–Trinajstić information content (AvgIpc) is 2.50. The third-order valence-electron chi connectivity index (χ3n) is 4.54. The molecule has 2 rings (SSSR count). The molecular formula is C19H25NO. The third-order valence-corrected chi connectivity index (χ3v) is 4.54. The summed E-state index contributed by atoms with van der Waals surface area (Å²) in [7, 11) is 1.72. The smallest absolute Gasteiger partial charge is 0.126 e. The van der Waals surface area contributed by atoms with Gasteiger partial charge < -0.3 is 10.5 Å². The van der Waals surface area contributed by atoms with Crippen molar-refractivity contribution in [1.82, 2.24) is 0 Å². The molecule has 2 nitrogen and oxygen atoms in total. The molecular weight excluding hydrogens is 258 g/mol. The molecule has 1 unspecified atom stereocenters. The highest BCUT2D eigenvalue weighted by Crippen LogP contribution is 2.40. The summed E-state index contributed by atoms with van der Waals surface area (Å²) in [5.41, 5.74) is 11.1. The van der Waals surface area contributed by atoms with Crippen LogP contribution in [0.25, 0.3) is 0 Å². The Bertz CT molecular complexity index is 617. The minimum atomic E-state index is -0.170. The molecule has 0 aromatic heterocycles. The summed E-state index contributed by atoms with van der Waals surface area (Å²) in [4.78, 5) is 0. The van der Waals surface area contributed by atoms with E-state index in [1.165, 1.54) is 11.1 Å². The predicted molar refractivity (Wildman–Crippen MR) is 88.9 cm³/mol. The van der Waals surface area contributed by atoms with Crippen LogP contribution < -0.4 is 10.5 Å². The van der Waals surface area contributed by atoms with Crippen molar-refractivity contribution in [2.24, 2.45) is 5.73 Å². The van der Waals surface area contributed by atoms with Crippen molar-refractivity contribution in [3.8, 4) is 5.75 Å². The van der Waals surface area contributed by atoms with Gasteiger partial charge in [-0.05, 0) is 30.5 Å². The number of rotatable bonds is 4. The van der Waals surface area contributed by atoms with Crippen LogP contribution in [0.3, 0.4) is 0 Å². The second-order valence-corrected chi connectivity index (χ2v) is 6.20. The van der Waals surface area contributed by atoms with Crippen molar-refractivity contribution in [3.05, 3.63) is 64.7 Å². The number of benzene rings is 2. The molecule has 0 heterocycles. The number of hydrogen-bond acceptors (Lipinski definition) is 2.